The van der Waals surface area contributed by atoms with Crippen molar-refractivity contribution in [2.45, 2.75) is 12.3 Å². The number of aliphatic hydroxyl groups excluding tert-OH is 1. The minimum Gasteiger partial charge on any atom is -0.379 e. The Morgan fingerprint density at radius 2 is 2.03 bits per heavy atom. The van der Waals surface area contributed by atoms with Crippen LogP contribution in [0.15, 0.2) is 16.8 Å². The molecule has 3 N–H and O–H groups in total. The quantitative estimate of drug-likeness (QED) is 0.326. The first kappa shape index (κ1) is 22.2. The van der Waals surface area contributed by atoms with Crippen LogP contribution in [0.2, 0.25) is 0 Å². The van der Waals surface area contributed by atoms with Crippen molar-refractivity contribution < 1.29 is 37.3 Å². The number of aromatic nitrogens is 2. The molecular weight excluding hydrogens is 437 g/mol. The predicted octanol–water partition coefficient (Wildman–Crippen LogP) is 0.288. The molecule has 2 saturated heterocycles. The molecule has 0 radical (unpaired) electrons. The first-order chi connectivity index (χ1) is 15.2. The Balaban J connectivity index is 1.41. The molecule has 0 spiro atoms. The lowest BCUT2D eigenvalue weighted by atomic mass is 9.97. The van der Waals surface area contributed by atoms with Crippen LogP contribution >= 0.6 is 0 Å². The number of nitrogens with zero attached hydrogens (tertiary/aromatic N) is 4. The average molecular weight is 458 g/mol. The number of hydroxylamine groups is 1. The van der Waals surface area contributed by atoms with Crippen molar-refractivity contribution in [1.29, 1.82) is 5.41 Å². The number of halogens is 3. The molecule has 1 aromatic carbocycles. The number of fused-ring (bicyclic) bond motifs is 1. The maximum Gasteiger partial charge on any atom is 0.425 e. The highest BCUT2D eigenvalue weighted by Crippen LogP contribution is 2.32. The Hall–Kier alpha value is -2.97. The smallest absolute Gasteiger partial charge is 0.379 e. The van der Waals surface area contributed by atoms with Gasteiger partial charge < -0.3 is 19.6 Å². The number of alkyl halides is 3. The summed E-state index contributed by atoms with van der Waals surface area (Å²) in [6.07, 6.45) is -8.49. The summed E-state index contributed by atoms with van der Waals surface area (Å²) in [4.78, 5) is 19.9. The van der Waals surface area contributed by atoms with E-state index < -0.39 is 24.1 Å². The fraction of sp³-hybridized carbons (Fsp3) is 0.556. The second-order valence-corrected chi connectivity index (χ2v) is 7.65. The first-order valence-corrected chi connectivity index (χ1v) is 9.84. The highest BCUT2D eigenvalue weighted by molar-refractivity contribution is 6.02. The summed E-state index contributed by atoms with van der Waals surface area (Å²) in [5, 5.41) is 24.6. The van der Waals surface area contributed by atoms with Crippen molar-refractivity contribution in [3.05, 3.63) is 17.7 Å². The topological polar surface area (TPSA) is 137 Å². The van der Waals surface area contributed by atoms with E-state index in [-0.39, 0.29) is 5.56 Å². The summed E-state index contributed by atoms with van der Waals surface area (Å²) < 4.78 is 47.3. The zero-order valence-corrected chi connectivity index (χ0v) is 16.8. The second kappa shape index (κ2) is 8.88. The molecule has 2 aliphatic heterocycles. The molecule has 1 aromatic heterocycles. The minimum absolute atomic E-state index is 0.189. The molecule has 174 valence electrons. The molecule has 14 heteroatoms. The van der Waals surface area contributed by atoms with Crippen LogP contribution in [0, 0.1) is 11.3 Å². The van der Waals surface area contributed by atoms with Gasteiger partial charge in [-0.3, -0.25) is 10.3 Å². The lowest BCUT2D eigenvalue weighted by Gasteiger charge is -2.43. The molecule has 1 unspecified atom stereocenters. The first-order valence-electron chi connectivity index (χ1n) is 9.84. The summed E-state index contributed by atoms with van der Waals surface area (Å²) in [6, 6.07) is 3.00. The third kappa shape index (κ3) is 4.76. The normalized spacial score (nSPS) is 18.9. The fourth-order valence-electron chi connectivity index (χ4n) is 3.64. The Bertz CT molecular complexity index is 987. The Morgan fingerprint density at radius 1 is 1.31 bits per heavy atom. The molecule has 2 aliphatic rings. The number of morpholine rings is 1. The third-order valence-corrected chi connectivity index (χ3v) is 5.33. The van der Waals surface area contributed by atoms with Crippen molar-refractivity contribution >= 4 is 28.5 Å². The van der Waals surface area contributed by atoms with E-state index >= 15 is 0 Å². The number of hydrogen-bond acceptors (Lipinski definition) is 10. The highest BCUT2D eigenvalue weighted by Gasteiger charge is 2.45. The van der Waals surface area contributed by atoms with E-state index in [1.807, 2.05) is 10.4 Å². The van der Waals surface area contributed by atoms with Crippen LogP contribution in [0.1, 0.15) is 5.56 Å². The van der Waals surface area contributed by atoms with Gasteiger partial charge in [-0.25, -0.2) is 14.9 Å². The highest BCUT2D eigenvalue weighted by atomic mass is 19.4. The molecule has 3 heterocycles. The largest absolute Gasteiger partial charge is 0.425 e. The summed E-state index contributed by atoms with van der Waals surface area (Å²) in [5.41, 5.74) is 3.48. The number of benzene rings is 1. The molecular formula is C18H21F3N6O5. The maximum absolute atomic E-state index is 12.4. The molecule has 0 saturated carbocycles. The molecule has 1 atom stereocenters. The summed E-state index contributed by atoms with van der Waals surface area (Å²) in [7, 11) is 0. The predicted molar refractivity (Wildman–Crippen MR) is 103 cm³/mol. The van der Waals surface area contributed by atoms with E-state index in [1.54, 1.807) is 6.07 Å². The molecule has 2 aromatic rings. The van der Waals surface area contributed by atoms with Crippen LogP contribution < -0.4 is 10.4 Å². The van der Waals surface area contributed by atoms with Gasteiger partial charge in [0.05, 0.1) is 18.9 Å². The maximum atomic E-state index is 12.4. The SMILES string of the molecule is N=C(NOC(=O)C(O)C(F)(F)F)c1cc(N2CC(CN3CCOCC3)C2)c2nonc2c1. The van der Waals surface area contributed by atoms with Gasteiger partial charge in [-0.2, -0.15) is 13.2 Å². The molecule has 0 bridgehead atoms. The molecule has 2 fully saturated rings. The van der Waals surface area contributed by atoms with Crippen molar-refractivity contribution in [2.24, 2.45) is 5.92 Å². The standard InChI is InChI=1S/C18H21F3N6O5/c19-18(20,21)15(28)17(29)31-25-16(22)11-5-12-14(24-32-23-12)13(6-11)27-8-10(9-27)7-26-1-3-30-4-2-26/h5-6,10,15,28H,1-4,7-9H2,(H2,22,25). The van der Waals surface area contributed by atoms with E-state index in [4.69, 9.17) is 19.9 Å². The number of carbonyl (C=O) groups is 1. The monoisotopic (exact) mass is 458 g/mol. The lowest BCUT2D eigenvalue weighted by molar-refractivity contribution is -0.220. The number of nitrogens with one attached hydrogen (secondary N) is 2. The number of rotatable bonds is 5. The fourth-order valence-corrected chi connectivity index (χ4v) is 3.64. The van der Waals surface area contributed by atoms with E-state index in [1.165, 1.54) is 6.07 Å². The van der Waals surface area contributed by atoms with Crippen LogP contribution in [0.25, 0.3) is 11.0 Å². The molecule has 11 nitrogen and oxygen atoms in total. The van der Waals surface area contributed by atoms with Gasteiger partial charge in [0, 0.05) is 44.2 Å². The molecule has 0 aliphatic carbocycles. The Morgan fingerprint density at radius 3 is 2.72 bits per heavy atom. The minimum atomic E-state index is -5.17. The van der Waals surface area contributed by atoms with E-state index in [9.17, 15) is 18.0 Å². The van der Waals surface area contributed by atoms with Crippen LogP contribution in [-0.4, -0.2) is 90.3 Å². The van der Waals surface area contributed by atoms with Gasteiger partial charge in [0.25, 0.3) is 6.10 Å². The van der Waals surface area contributed by atoms with Gasteiger partial charge in [-0.05, 0) is 22.4 Å². The van der Waals surface area contributed by atoms with Crippen molar-refractivity contribution in [3.63, 3.8) is 0 Å². The van der Waals surface area contributed by atoms with E-state index in [0.29, 0.717) is 22.6 Å². The number of ether oxygens (including phenoxy) is 1. The number of anilines is 1. The van der Waals surface area contributed by atoms with Gasteiger partial charge in [0.2, 0.25) is 0 Å². The molecule has 32 heavy (non-hydrogen) atoms. The zero-order chi connectivity index (χ0) is 22.9. The lowest BCUT2D eigenvalue weighted by Crippen LogP contribution is -2.53. The van der Waals surface area contributed by atoms with Crippen molar-refractivity contribution in [1.82, 2.24) is 20.7 Å². The van der Waals surface area contributed by atoms with E-state index in [2.05, 4.69) is 20.1 Å². The third-order valence-electron chi connectivity index (χ3n) is 5.33. The van der Waals surface area contributed by atoms with Crippen LogP contribution in [0.4, 0.5) is 18.9 Å². The van der Waals surface area contributed by atoms with Crippen molar-refractivity contribution in [3.8, 4) is 0 Å². The van der Waals surface area contributed by atoms with E-state index in [0.717, 1.165) is 45.9 Å². The molecule has 4 rings (SSSR count). The Kier molecular flexibility index (Phi) is 6.17. The van der Waals surface area contributed by atoms with Gasteiger partial charge in [-0.1, -0.05) is 0 Å². The van der Waals surface area contributed by atoms with Crippen LogP contribution in [0.3, 0.4) is 0 Å². The summed E-state index contributed by atoms with van der Waals surface area (Å²) >= 11 is 0. The van der Waals surface area contributed by atoms with Gasteiger partial charge in [0.15, 0.2) is 11.4 Å². The zero-order valence-electron chi connectivity index (χ0n) is 16.8. The van der Waals surface area contributed by atoms with Crippen LogP contribution in [-0.2, 0) is 14.4 Å². The average Bonchev–Trinajstić information content (AvgIpc) is 3.22. The van der Waals surface area contributed by atoms with Gasteiger partial charge in [0.1, 0.15) is 5.52 Å². The number of amidine groups is 1. The number of carbonyl (C=O) groups excluding carboxylic acids is 1. The van der Waals surface area contributed by atoms with Gasteiger partial charge in [-0.15, -0.1) is 0 Å². The molecule has 0 amide bonds. The summed E-state index contributed by atoms with van der Waals surface area (Å²) in [6.45, 7) is 5.68. The second-order valence-electron chi connectivity index (χ2n) is 7.65. The Labute approximate surface area is 179 Å². The summed E-state index contributed by atoms with van der Waals surface area (Å²) in [5.74, 6) is -2.03. The van der Waals surface area contributed by atoms with Gasteiger partial charge >= 0.3 is 12.1 Å². The van der Waals surface area contributed by atoms with Crippen molar-refractivity contribution in [2.75, 3.05) is 50.8 Å². The number of aliphatic hydroxyl groups is 1. The van der Waals surface area contributed by atoms with Crippen LogP contribution in [0.5, 0.6) is 0 Å². The number of hydrogen-bond donors (Lipinski definition) is 3.